The molecule has 0 unspecified atom stereocenters. The Morgan fingerprint density at radius 1 is 1.03 bits per heavy atom. The highest BCUT2D eigenvalue weighted by atomic mass is 35.5. The number of nitrogens with zero attached hydrogens (tertiary/aromatic N) is 6. The van der Waals surface area contributed by atoms with E-state index in [0.717, 1.165) is 34.1 Å². The van der Waals surface area contributed by atoms with Crippen LogP contribution in [0.15, 0.2) is 48.5 Å². The number of aromatic nitrogens is 4. The maximum Gasteiger partial charge on any atom is 0.253 e. The summed E-state index contributed by atoms with van der Waals surface area (Å²) in [7, 11) is 0. The number of aryl methyl sites for hydroxylation is 2. The second-order valence-electron chi connectivity index (χ2n) is 8.25. The highest BCUT2D eigenvalue weighted by molar-refractivity contribution is 6.32. The van der Waals surface area contributed by atoms with Gasteiger partial charge < -0.3 is 9.80 Å². The van der Waals surface area contributed by atoms with Gasteiger partial charge in [-0.05, 0) is 43.3 Å². The first kappa shape index (κ1) is 22.3. The minimum absolute atomic E-state index is 0.0931. The average molecular weight is 479 g/mol. The van der Waals surface area contributed by atoms with Crippen LogP contribution in [-0.4, -0.2) is 56.7 Å². The van der Waals surface area contributed by atoms with Crippen LogP contribution in [0.3, 0.4) is 0 Å². The quantitative estimate of drug-likeness (QED) is 0.434. The third-order valence-electron chi connectivity index (χ3n) is 6.08. The summed E-state index contributed by atoms with van der Waals surface area (Å²) in [6.45, 7) is 6.30. The molecule has 4 aromatic rings. The van der Waals surface area contributed by atoms with Gasteiger partial charge in [-0.15, -0.1) is 0 Å². The largest absolute Gasteiger partial charge is 0.352 e. The molecule has 34 heavy (non-hydrogen) atoms. The smallest absolute Gasteiger partial charge is 0.253 e. The number of fused-ring (bicyclic) bond motifs is 1. The standard InChI is InChI=1S/C25H24ClFN6O/c1-3-21-28-23(22-16(2)30-33(24(22)29-21)20-7-5-4-6-19(20)26)31-12-14-32(15-13-31)25(34)17-8-10-18(27)11-9-17/h4-11H,3,12-15H2,1-2H3. The van der Waals surface area contributed by atoms with Gasteiger partial charge in [-0.1, -0.05) is 30.7 Å². The maximum atomic E-state index is 13.2. The van der Waals surface area contributed by atoms with Gasteiger partial charge in [0.1, 0.15) is 17.5 Å². The number of hydrogen-bond acceptors (Lipinski definition) is 5. The first-order valence-corrected chi connectivity index (χ1v) is 11.6. The van der Waals surface area contributed by atoms with Crippen LogP contribution in [0.2, 0.25) is 5.02 Å². The Hall–Kier alpha value is -3.52. The van der Waals surface area contributed by atoms with Gasteiger partial charge in [0.15, 0.2) is 5.65 Å². The highest BCUT2D eigenvalue weighted by Crippen LogP contribution is 2.31. The van der Waals surface area contributed by atoms with Crippen LogP contribution in [-0.2, 0) is 6.42 Å². The first-order chi connectivity index (χ1) is 16.5. The molecule has 0 N–H and O–H groups in total. The Balaban J connectivity index is 1.47. The Morgan fingerprint density at radius 2 is 1.74 bits per heavy atom. The number of carbonyl (C=O) groups excluding carboxylic acids is 1. The zero-order chi connectivity index (χ0) is 23.8. The second-order valence-corrected chi connectivity index (χ2v) is 8.66. The van der Waals surface area contributed by atoms with E-state index in [-0.39, 0.29) is 11.7 Å². The molecule has 3 heterocycles. The molecule has 0 bridgehead atoms. The molecule has 1 aliphatic rings. The summed E-state index contributed by atoms with van der Waals surface area (Å²) >= 11 is 6.46. The fourth-order valence-corrected chi connectivity index (χ4v) is 4.50. The van der Waals surface area contributed by atoms with Crippen LogP contribution >= 0.6 is 11.6 Å². The monoisotopic (exact) mass is 478 g/mol. The number of anilines is 1. The van der Waals surface area contributed by atoms with E-state index in [2.05, 4.69) is 4.90 Å². The van der Waals surface area contributed by atoms with E-state index < -0.39 is 0 Å². The molecule has 1 amide bonds. The average Bonchev–Trinajstić information content (AvgIpc) is 3.20. The van der Waals surface area contributed by atoms with Gasteiger partial charge in [-0.2, -0.15) is 5.10 Å². The van der Waals surface area contributed by atoms with Gasteiger partial charge in [0.05, 0.1) is 21.8 Å². The lowest BCUT2D eigenvalue weighted by molar-refractivity contribution is 0.0746. The van der Waals surface area contributed by atoms with Crippen LogP contribution in [0.5, 0.6) is 0 Å². The molecule has 2 aromatic carbocycles. The van der Waals surface area contributed by atoms with Crippen LogP contribution in [0.1, 0.15) is 28.8 Å². The molecule has 1 aliphatic heterocycles. The molecular formula is C25H24ClFN6O. The number of hydrogen-bond donors (Lipinski definition) is 0. The van der Waals surface area contributed by atoms with Gasteiger partial charge in [-0.3, -0.25) is 4.79 Å². The highest BCUT2D eigenvalue weighted by Gasteiger charge is 2.27. The molecule has 0 radical (unpaired) electrons. The van der Waals surface area contributed by atoms with Crippen molar-refractivity contribution in [1.29, 1.82) is 0 Å². The number of halogens is 2. The summed E-state index contributed by atoms with van der Waals surface area (Å²) in [5.41, 5.74) is 2.79. The summed E-state index contributed by atoms with van der Waals surface area (Å²) in [5, 5.41) is 6.23. The third-order valence-corrected chi connectivity index (χ3v) is 6.40. The zero-order valence-electron chi connectivity index (χ0n) is 19.0. The van der Waals surface area contributed by atoms with Crippen LogP contribution < -0.4 is 4.90 Å². The summed E-state index contributed by atoms with van der Waals surface area (Å²) in [5.74, 6) is 1.10. The Labute approximate surface area is 201 Å². The summed E-state index contributed by atoms with van der Waals surface area (Å²) in [6.07, 6.45) is 0.679. The molecule has 1 fully saturated rings. The van der Waals surface area contributed by atoms with E-state index in [4.69, 9.17) is 26.7 Å². The summed E-state index contributed by atoms with van der Waals surface area (Å²) in [4.78, 5) is 26.5. The van der Waals surface area contributed by atoms with Gasteiger partial charge in [0, 0.05) is 38.2 Å². The number of rotatable bonds is 4. The predicted octanol–water partition coefficient (Wildman–Crippen LogP) is 4.44. The molecule has 5 rings (SSSR count). The zero-order valence-corrected chi connectivity index (χ0v) is 19.8. The minimum Gasteiger partial charge on any atom is -0.352 e. The molecule has 1 saturated heterocycles. The summed E-state index contributed by atoms with van der Waals surface area (Å²) < 4.78 is 15.0. The fourth-order valence-electron chi connectivity index (χ4n) is 4.28. The normalized spacial score (nSPS) is 14.1. The molecule has 0 spiro atoms. The Morgan fingerprint density at radius 3 is 2.41 bits per heavy atom. The van der Waals surface area contributed by atoms with Crippen molar-refractivity contribution in [2.75, 3.05) is 31.1 Å². The lowest BCUT2D eigenvalue weighted by Gasteiger charge is -2.35. The van der Waals surface area contributed by atoms with Crippen molar-refractivity contribution < 1.29 is 9.18 Å². The van der Waals surface area contributed by atoms with Gasteiger partial charge in [0.25, 0.3) is 5.91 Å². The van der Waals surface area contributed by atoms with Crippen LogP contribution in [0.25, 0.3) is 16.7 Å². The summed E-state index contributed by atoms with van der Waals surface area (Å²) in [6, 6.07) is 13.2. The Kier molecular flexibility index (Phi) is 5.91. The van der Waals surface area contributed by atoms with Crippen molar-refractivity contribution in [3.63, 3.8) is 0 Å². The van der Waals surface area contributed by atoms with Gasteiger partial charge in [-0.25, -0.2) is 19.0 Å². The molecule has 174 valence electrons. The molecule has 0 aliphatic carbocycles. The van der Waals surface area contributed by atoms with E-state index in [1.807, 2.05) is 38.1 Å². The van der Waals surface area contributed by atoms with Crippen molar-refractivity contribution in [1.82, 2.24) is 24.6 Å². The van der Waals surface area contributed by atoms with E-state index in [1.54, 1.807) is 9.58 Å². The first-order valence-electron chi connectivity index (χ1n) is 11.3. The molecule has 0 saturated carbocycles. The van der Waals surface area contributed by atoms with Crippen molar-refractivity contribution in [3.05, 3.63) is 76.5 Å². The number of para-hydroxylation sites is 1. The van der Waals surface area contributed by atoms with Crippen LogP contribution in [0.4, 0.5) is 10.2 Å². The number of benzene rings is 2. The topological polar surface area (TPSA) is 67.2 Å². The van der Waals surface area contributed by atoms with E-state index >= 15 is 0 Å². The van der Waals surface area contributed by atoms with E-state index in [1.165, 1.54) is 24.3 Å². The second kappa shape index (κ2) is 9.02. The van der Waals surface area contributed by atoms with Crippen molar-refractivity contribution in [2.24, 2.45) is 0 Å². The van der Waals surface area contributed by atoms with E-state index in [9.17, 15) is 9.18 Å². The number of piperazine rings is 1. The fraction of sp³-hybridized carbons (Fsp3) is 0.280. The SMILES string of the molecule is CCc1nc(N2CCN(C(=O)c3ccc(F)cc3)CC2)c2c(C)nn(-c3ccccc3Cl)c2n1. The molecule has 0 atom stereocenters. The van der Waals surface area contributed by atoms with Gasteiger partial charge in [0.2, 0.25) is 0 Å². The number of carbonyl (C=O) groups is 1. The molecule has 7 nitrogen and oxygen atoms in total. The Bertz CT molecular complexity index is 1360. The molecule has 2 aromatic heterocycles. The predicted molar refractivity (Wildman–Crippen MR) is 130 cm³/mol. The van der Waals surface area contributed by atoms with Crippen molar-refractivity contribution >= 4 is 34.4 Å². The van der Waals surface area contributed by atoms with Crippen molar-refractivity contribution in [2.45, 2.75) is 20.3 Å². The lowest BCUT2D eigenvalue weighted by atomic mass is 10.1. The lowest BCUT2D eigenvalue weighted by Crippen LogP contribution is -2.49. The van der Waals surface area contributed by atoms with Gasteiger partial charge >= 0.3 is 0 Å². The van der Waals surface area contributed by atoms with Crippen molar-refractivity contribution in [3.8, 4) is 5.69 Å². The van der Waals surface area contributed by atoms with E-state index in [0.29, 0.717) is 43.2 Å². The van der Waals surface area contributed by atoms with Crippen LogP contribution in [0, 0.1) is 12.7 Å². The third kappa shape index (κ3) is 3.98. The molecule has 9 heteroatoms. The minimum atomic E-state index is -0.353. The maximum absolute atomic E-state index is 13.2. The number of amides is 1. The molecular weight excluding hydrogens is 455 g/mol.